The van der Waals surface area contributed by atoms with Gasteiger partial charge in [0.2, 0.25) is 0 Å². The van der Waals surface area contributed by atoms with E-state index in [1.54, 1.807) is 4.90 Å². The maximum absolute atomic E-state index is 12.3. The zero-order valence-electron chi connectivity index (χ0n) is 16.1. The van der Waals surface area contributed by atoms with Gasteiger partial charge in [-0.1, -0.05) is 50.0 Å². The minimum Gasteiger partial charge on any atom is -0.466 e. The van der Waals surface area contributed by atoms with Crippen LogP contribution in [0.15, 0.2) is 30.3 Å². The number of carbonyl (C=O) groups excluding carboxylic acids is 2. The number of likely N-dealkylation sites (N-methyl/N-ethyl adjacent to an activating group) is 1. The molecule has 0 bridgehead atoms. The van der Waals surface area contributed by atoms with Gasteiger partial charge in [0.15, 0.2) is 0 Å². The van der Waals surface area contributed by atoms with E-state index in [1.165, 1.54) is 0 Å². The van der Waals surface area contributed by atoms with E-state index >= 15 is 0 Å². The quantitative estimate of drug-likeness (QED) is 0.470. The summed E-state index contributed by atoms with van der Waals surface area (Å²) in [4.78, 5) is 26.0. The van der Waals surface area contributed by atoms with E-state index in [2.05, 4.69) is 19.6 Å². The van der Waals surface area contributed by atoms with Crippen molar-refractivity contribution in [3.05, 3.63) is 35.9 Å². The van der Waals surface area contributed by atoms with Gasteiger partial charge in [-0.15, -0.1) is 0 Å². The number of nitrogens with zero attached hydrogens (tertiary/aromatic N) is 1. The number of hydrogen-bond donors (Lipinski definition) is 0. The molecule has 0 radical (unpaired) electrons. The van der Waals surface area contributed by atoms with Crippen LogP contribution in [-0.2, 0) is 25.7 Å². The van der Waals surface area contributed by atoms with Crippen molar-refractivity contribution in [2.75, 3.05) is 20.7 Å². The largest absolute Gasteiger partial charge is 0.466 e. The Hall–Kier alpha value is -1.66. The van der Waals surface area contributed by atoms with E-state index in [0.717, 1.165) is 11.6 Å². The van der Waals surface area contributed by atoms with Crippen LogP contribution >= 0.6 is 0 Å². The van der Waals surface area contributed by atoms with E-state index in [-0.39, 0.29) is 25.0 Å². The molecule has 0 aliphatic carbocycles. The molecule has 1 aromatic rings. The van der Waals surface area contributed by atoms with Crippen molar-refractivity contribution in [1.29, 1.82) is 0 Å². The lowest BCUT2D eigenvalue weighted by Gasteiger charge is -2.22. The van der Waals surface area contributed by atoms with Crippen LogP contribution < -0.4 is 0 Å². The summed E-state index contributed by atoms with van der Waals surface area (Å²) in [5.74, 6) is -0.565. The van der Waals surface area contributed by atoms with Gasteiger partial charge in [0.1, 0.15) is 12.6 Å². The summed E-state index contributed by atoms with van der Waals surface area (Å²) in [5, 5.41) is 0. The zero-order chi connectivity index (χ0) is 18.9. The predicted molar refractivity (Wildman–Crippen MR) is 102 cm³/mol. The van der Waals surface area contributed by atoms with Crippen molar-refractivity contribution in [1.82, 2.24) is 4.90 Å². The molecular weight excluding hydrogens is 334 g/mol. The maximum Gasteiger partial charge on any atom is 0.323 e. The highest BCUT2D eigenvalue weighted by Gasteiger charge is 2.24. The third-order valence-electron chi connectivity index (χ3n) is 3.86. The van der Waals surface area contributed by atoms with E-state index in [4.69, 9.17) is 9.47 Å². The van der Waals surface area contributed by atoms with Crippen LogP contribution in [-0.4, -0.2) is 51.7 Å². The van der Waals surface area contributed by atoms with Crippen LogP contribution in [0.4, 0.5) is 0 Å². The van der Waals surface area contributed by atoms with E-state index in [1.807, 2.05) is 44.4 Å². The average Bonchev–Trinajstić information content (AvgIpc) is 2.52. The highest BCUT2D eigenvalue weighted by molar-refractivity contribution is 6.76. The topological polar surface area (TPSA) is 55.8 Å². The van der Waals surface area contributed by atoms with Crippen LogP contribution in [0.5, 0.6) is 0 Å². The number of ether oxygens (including phenoxy) is 2. The third-order valence-corrected chi connectivity index (χ3v) is 5.56. The molecular formula is C19H31NO4Si. The SMILES string of the molecule is CN(C)C(CCC(=O)OCC[Si](C)(C)C)C(=O)OCc1ccccc1. The molecule has 1 unspecified atom stereocenters. The first-order valence-corrected chi connectivity index (χ1v) is 12.4. The van der Waals surface area contributed by atoms with Crippen LogP contribution in [0.25, 0.3) is 0 Å². The van der Waals surface area contributed by atoms with Crippen molar-refractivity contribution in [3.63, 3.8) is 0 Å². The number of esters is 2. The minimum absolute atomic E-state index is 0.217. The smallest absolute Gasteiger partial charge is 0.323 e. The van der Waals surface area contributed by atoms with Gasteiger partial charge in [0.05, 0.1) is 6.61 Å². The summed E-state index contributed by atoms with van der Waals surface area (Å²) in [5.41, 5.74) is 0.944. The van der Waals surface area contributed by atoms with Crippen LogP contribution in [0.3, 0.4) is 0 Å². The first-order chi connectivity index (χ1) is 11.7. The van der Waals surface area contributed by atoms with Gasteiger partial charge in [-0.05, 0) is 32.1 Å². The Bertz CT molecular complexity index is 540. The Morgan fingerprint density at radius 3 is 2.28 bits per heavy atom. The van der Waals surface area contributed by atoms with Crippen molar-refractivity contribution in [3.8, 4) is 0 Å². The Morgan fingerprint density at radius 2 is 1.72 bits per heavy atom. The Balaban J connectivity index is 2.40. The van der Waals surface area contributed by atoms with Crippen LogP contribution in [0, 0.1) is 0 Å². The summed E-state index contributed by atoms with van der Waals surface area (Å²) in [6.45, 7) is 7.44. The highest BCUT2D eigenvalue weighted by Crippen LogP contribution is 2.11. The average molecular weight is 366 g/mol. The molecule has 5 nitrogen and oxygen atoms in total. The maximum atomic E-state index is 12.3. The van der Waals surface area contributed by atoms with Crippen molar-refractivity contribution in [2.45, 2.75) is 51.2 Å². The molecule has 140 valence electrons. The second kappa shape index (κ2) is 10.4. The lowest BCUT2D eigenvalue weighted by Crippen LogP contribution is -2.37. The Morgan fingerprint density at radius 1 is 1.08 bits per heavy atom. The number of hydrogen-bond acceptors (Lipinski definition) is 5. The Kier molecular flexibility index (Phi) is 8.86. The summed E-state index contributed by atoms with van der Waals surface area (Å²) in [6.07, 6.45) is 0.612. The standard InChI is InChI=1S/C19H31NO4Si/c1-20(2)17(11-12-18(21)23-13-14-25(3,4)5)19(22)24-15-16-9-7-6-8-10-16/h6-10,17H,11-15H2,1-5H3. The van der Waals surface area contributed by atoms with E-state index < -0.39 is 14.1 Å². The molecule has 1 atom stereocenters. The first kappa shape index (κ1) is 21.4. The van der Waals surface area contributed by atoms with Crippen molar-refractivity contribution < 1.29 is 19.1 Å². The number of carbonyl (C=O) groups is 2. The van der Waals surface area contributed by atoms with Crippen molar-refractivity contribution >= 4 is 20.0 Å². The third kappa shape index (κ3) is 9.41. The van der Waals surface area contributed by atoms with Crippen LogP contribution in [0.1, 0.15) is 18.4 Å². The minimum atomic E-state index is -1.21. The zero-order valence-corrected chi connectivity index (χ0v) is 17.1. The van der Waals surface area contributed by atoms with Gasteiger partial charge >= 0.3 is 11.9 Å². The molecule has 1 rings (SSSR count). The van der Waals surface area contributed by atoms with Gasteiger partial charge < -0.3 is 9.47 Å². The number of benzene rings is 1. The molecule has 0 N–H and O–H groups in total. The molecule has 0 spiro atoms. The van der Waals surface area contributed by atoms with Gasteiger partial charge in [-0.3, -0.25) is 14.5 Å². The lowest BCUT2D eigenvalue weighted by atomic mass is 10.1. The van der Waals surface area contributed by atoms with Gasteiger partial charge in [0.25, 0.3) is 0 Å². The number of rotatable bonds is 10. The molecule has 0 amide bonds. The van der Waals surface area contributed by atoms with E-state index in [9.17, 15) is 9.59 Å². The second-order valence-electron chi connectivity index (χ2n) is 7.64. The fourth-order valence-corrected chi connectivity index (χ4v) is 2.92. The molecule has 0 aliphatic rings. The lowest BCUT2D eigenvalue weighted by molar-refractivity contribution is -0.151. The first-order valence-electron chi connectivity index (χ1n) is 8.71. The fraction of sp³-hybridized carbons (Fsp3) is 0.579. The Labute approximate surface area is 152 Å². The summed E-state index contributed by atoms with van der Waals surface area (Å²) in [7, 11) is 2.41. The van der Waals surface area contributed by atoms with Gasteiger partial charge in [-0.25, -0.2) is 0 Å². The van der Waals surface area contributed by atoms with Crippen molar-refractivity contribution in [2.24, 2.45) is 0 Å². The summed E-state index contributed by atoms with van der Waals surface area (Å²) >= 11 is 0. The molecule has 0 aromatic heterocycles. The predicted octanol–water partition coefficient (Wildman–Crippen LogP) is 3.32. The molecule has 25 heavy (non-hydrogen) atoms. The van der Waals surface area contributed by atoms with E-state index in [0.29, 0.717) is 13.0 Å². The molecule has 6 heteroatoms. The summed E-state index contributed by atoms with van der Waals surface area (Å²) < 4.78 is 10.7. The van der Waals surface area contributed by atoms with Gasteiger partial charge in [-0.2, -0.15) is 0 Å². The van der Waals surface area contributed by atoms with Gasteiger partial charge in [0, 0.05) is 14.5 Å². The van der Waals surface area contributed by atoms with Crippen LogP contribution in [0.2, 0.25) is 25.7 Å². The highest BCUT2D eigenvalue weighted by atomic mass is 28.3. The summed E-state index contributed by atoms with van der Waals surface area (Å²) in [6, 6.07) is 10.1. The normalized spacial score (nSPS) is 12.7. The molecule has 0 fully saturated rings. The monoisotopic (exact) mass is 365 g/mol. The molecule has 0 saturated heterocycles. The molecule has 0 saturated carbocycles. The molecule has 1 aromatic carbocycles. The molecule has 0 aliphatic heterocycles. The molecule has 0 heterocycles. The fourth-order valence-electron chi connectivity index (χ4n) is 2.21. The second-order valence-corrected chi connectivity index (χ2v) is 13.3.